The number of nitrogens with zero attached hydrogens (tertiary/aromatic N) is 3. The van der Waals surface area contributed by atoms with E-state index in [0.29, 0.717) is 21.2 Å². The van der Waals surface area contributed by atoms with Crippen LogP contribution in [0.1, 0.15) is 25.2 Å². The summed E-state index contributed by atoms with van der Waals surface area (Å²) < 4.78 is 19.7. The van der Waals surface area contributed by atoms with E-state index >= 15 is 0 Å². The second kappa shape index (κ2) is 6.71. The van der Waals surface area contributed by atoms with Crippen molar-refractivity contribution < 1.29 is 8.91 Å². The number of halogens is 3. The highest BCUT2D eigenvalue weighted by molar-refractivity contribution is 9.10. The van der Waals surface area contributed by atoms with E-state index in [1.165, 1.54) is 6.07 Å². The first-order chi connectivity index (χ1) is 10.5. The van der Waals surface area contributed by atoms with E-state index in [0.717, 1.165) is 5.56 Å². The van der Waals surface area contributed by atoms with Crippen LogP contribution in [0.25, 0.3) is 22.4 Å². The largest absolute Gasteiger partial charge is 0.334 e. The number of hydrogen-bond donors (Lipinski definition) is 0. The molecular weight excluding hydrogens is 373 g/mol. The predicted molar refractivity (Wildman–Crippen MR) is 88.5 cm³/mol. The van der Waals surface area contributed by atoms with Crippen molar-refractivity contribution in [2.75, 3.05) is 0 Å². The predicted octanol–water partition coefficient (Wildman–Crippen LogP) is 5.48. The summed E-state index contributed by atoms with van der Waals surface area (Å²) in [5, 5.41) is 4.52. The highest BCUT2D eigenvalue weighted by Crippen LogP contribution is 2.35. The van der Waals surface area contributed by atoms with E-state index in [1.54, 1.807) is 13.0 Å². The maximum atomic E-state index is 13.9. The Labute approximate surface area is 140 Å². The second-order valence-electron chi connectivity index (χ2n) is 4.33. The van der Waals surface area contributed by atoms with Gasteiger partial charge < -0.3 is 4.52 Å². The van der Waals surface area contributed by atoms with Crippen LogP contribution in [0.4, 0.5) is 4.39 Å². The fourth-order valence-corrected chi connectivity index (χ4v) is 2.79. The minimum Gasteiger partial charge on any atom is -0.334 e. The standard InChI is InChI=1S/C13H8BrClFN3O.C2H6/c1-5-8-3-7(14)4-9(16)11(8)18-12(15)10(5)13-17-6(2)19-20-13;1-2/h3-4H,1-2H3;1-2H3. The van der Waals surface area contributed by atoms with Crippen LogP contribution in [0, 0.1) is 19.7 Å². The summed E-state index contributed by atoms with van der Waals surface area (Å²) in [5.74, 6) is 0.336. The number of benzene rings is 1. The average Bonchev–Trinajstić information content (AvgIpc) is 2.89. The lowest BCUT2D eigenvalue weighted by Crippen LogP contribution is -1.94. The van der Waals surface area contributed by atoms with Gasteiger partial charge in [0.05, 0.1) is 5.56 Å². The van der Waals surface area contributed by atoms with Gasteiger partial charge in [-0.3, -0.25) is 0 Å². The zero-order valence-electron chi connectivity index (χ0n) is 12.5. The molecule has 3 rings (SSSR count). The second-order valence-corrected chi connectivity index (χ2v) is 5.61. The molecule has 0 saturated carbocycles. The smallest absolute Gasteiger partial charge is 0.261 e. The Kier molecular flexibility index (Phi) is 5.13. The number of aryl methyl sites for hydroxylation is 2. The van der Waals surface area contributed by atoms with Gasteiger partial charge in [-0.15, -0.1) is 0 Å². The zero-order chi connectivity index (χ0) is 16.4. The molecule has 0 unspecified atom stereocenters. The normalized spacial score (nSPS) is 10.5. The maximum Gasteiger partial charge on any atom is 0.261 e. The van der Waals surface area contributed by atoms with Gasteiger partial charge in [0.25, 0.3) is 5.89 Å². The molecule has 4 nitrogen and oxygen atoms in total. The zero-order valence-corrected chi connectivity index (χ0v) is 14.9. The van der Waals surface area contributed by atoms with Crippen LogP contribution in [0.5, 0.6) is 0 Å². The Bertz CT molecular complexity index is 835. The van der Waals surface area contributed by atoms with Gasteiger partial charge >= 0.3 is 0 Å². The lowest BCUT2D eigenvalue weighted by molar-refractivity contribution is 0.425. The molecule has 7 heteroatoms. The van der Waals surface area contributed by atoms with E-state index in [9.17, 15) is 4.39 Å². The van der Waals surface area contributed by atoms with Crippen LogP contribution in [0.3, 0.4) is 0 Å². The SMILES string of the molecule is CC.Cc1noc(-c2c(Cl)nc3c(F)cc(Br)cc3c2C)n1. The molecule has 2 aromatic heterocycles. The summed E-state index contributed by atoms with van der Waals surface area (Å²) in [4.78, 5) is 8.25. The molecule has 22 heavy (non-hydrogen) atoms. The third kappa shape index (κ3) is 2.98. The quantitative estimate of drug-likeness (QED) is 0.519. The molecule has 0 atom stereocenters. The molecule has 1 aromatic carbocycles. The molecule has 0 aliphatic carbocycles. The van der Waals surface area contributed by atoms with E-state index in [-0.39, 0.29) is 16.6 Å². The third-order valence-electron chi connectivity index (χ3n) is 2.96. The molecule has 0 bridgehead atoms. The lowest BCUT2D eigenvalue weighted by atomic mass is 10.0. The molecule has 0 aliphatic rings. The summed E-state index contributed by atoms with van der Waals surface area (Å²) in [5.41, 5.74) is 1.48. The lowest BCUT2D eigenvalue weighted by Gasteiger charge is -2.09. The molecule has 0 radical (unpaired) electrons. The van der Waals surface area contributed by atoms with Crippen molar-refractivity contribution in [1.82, 2.24) is 15.1 Å². The molecule has 0 N–H and O–H groups in total. The number of aromatic nitrogens is 3. The monoisotopic (exact) mass is 385 g/mol. The molecule has 2 heterocycles. The average molecular weight is 387 g/mol. The molecule has 0 fully saturated rings. The third-order valence-corrected chi connectivity index (χ3v) is 3.70. The van der Waals surface area contributed by atoms with Crippen LogP contribution in [-0.4, -0.2) is 15.1 Å². The van der Waals surface area contributed by atoms with Crippen molar-refractivity contribution in [1.29, 1.82) is 0 Å². The van der Waals surface area contributed by atoms with Gasteiger partial charge in [-0.05, 0) is 31.5 Å². The van der Waals surface area contributed by atoms with Crippen LogP contribution < -0.4 is 0 Å². The fourth-order valence-electron chi connectivity index (χ4n) is 2.06. The number of hydrogen-bond acceptors (Lipinski definition) is 4. The molecule has 0 spiro atoms. The van der Waals surface area contributed by atoms with Gasteiger partial charge in [-0.2, -0.15) is 4.98 Å². The summed E-state index contributed by atoms with van der Waals surface area (Å²) in [6.07, 6.45) is 0. The summed E-state index contributed by atoms with van der Waals surface area (Å²) in [6.45, 7) is 7.53. The summed E-state index contributed by atoms with van der Waals surface area (Å²) >= 11 is 9.42. The van der Waals surface area contributed by atoms with Crippen molar-refractivity contribution in [2.45, 2.75) is 27.7 Å². The van der Waals surface area contributed by atoms with E-state index < -0.39 is 5.82 Å². The molecule has 3 aromatic rings. The summed E-state index contributed by atoms with van der Waals surface area (Å²) in [7, 11) is 0. The van der Waals surface area contributed by atoms with Crippen LogP contribution in [0.15, 0.2) is 21.1 Å². The molecule has 116 valence electrons. The van der Waals surface area contributed by atoms with Gasteiger partial charge in [-0.1, -0.05) is 46.5 Å². The van der Waals surface area contributed by atoms with Crippen molar-refractivity contribution in [3.05, 3.63) is 39.0 Å². The first-order valence-electron chi connectivity index (χ1n) is 6.73. The van der Waals surface area contributed by atoms with Crippen molar-refractivity contribution in [2.24, 2.45) is 0 Å². The molecule has 0 amide bonds. The van der Waals surface area contributed by atoms with Crippen LogP contribution >= 0.6 is 27.5 Å². The molecular formula is C15H14BrClFN3O. The number of fused-ring (bicyclic) bond motifs is 1. The highest BCUT2D eigenvalue weighted by atomic mass is 79.9. The Morgan fingerprint density at radius 2 is 1.86 bits per heavy atom. The number of rotatable bonds is 1. The highest BCUT2D eigenvalue weighted by Gasteiger charge is 2.19. The maximum absolute atomic E-state index is 13.9. The Morgan fingerprint density at radius 1 is 1.18 bits per heavy atom. The van der Waals surface area contributed by atoms with E-state index in [1.807, 2.05) is 20.8 Å². The first-order valence-corrected chi connectivity index (χ1v) is 7.90. The van der Waals surface area contributed by atoms with Crippen molar-refractivity contribution in [3.8, 4) is 11.5 Å². The van der Waals surface area contributed by atoms with E-state index in [2.05, 4.69) is 31.1 Å². The van der Waals surface area contributed by atoms with Crippen molar-refractivity contribution in [3.63, 3.8) is 0 Å². The summed E-state index contributed by atoms with van der Waals surface area (Å²) in [6, 6.07) is 3.13. The van der Waals surface area contributed by atoms with Gasteiger partial charge in [0.2, 0.25) is 0 Å². The topological polar surface area (TPSA) is 51.8 Å². The Balaban J connectivity index is 0.000000847. The minimum atomic E-state index is -0.437. The Morgan fingerprint density at radius 3 is 2.45 bits per heavy atom. The fraction of sp³-hybridized carbons (Fsp3) is 0.267. The first kappa shape index (κ1) is 16.8. The Hall–Kier alpha value is -1.53. The van der Waals surface area contributed by atoms with Gasteiger partial charge in [-0.25, -0.2) is 9.37 Å². The molecule has 0 aliphatic heterocycles. The number of pyridine rings is 1. The van der Waals surface area contributed by atoms with Gasteiger partial charge in [0.15, 0.2) is 11.6 Å². The van der Waals surface area contributed by atoms with Crippen LogP contribution in [-0.2, 0) is 0 Å². The minimum absolute atomic E-state index is 0.139. The van der Waals surface area contributed by atoms with Crippen LogP contribution in [0.2, 0.25) is 5.15 Å². The van der Waals surface area contributed by atoms with E-state index in [4.69, 9.17) is 16.1 Å². The van der Waals surface area contributed by atoms with Gasteiger partial charge in [0.1, 0.15) is 10.7 Å². The van der Waals surface area contributed by atoms with Crippen molar-refractivity contribution >= 4 is 38.4 Å². The van der Waals surface area contributed by atoms with Gasteiger partial charge in [0, 0.05) is 9.86 Å². The molecule has 0 saturated heterocycles.